The van der Waals surface area contributed by atoms with Crippen LogP contribution in [0.5, 0.6) is 23.0 Å². The fourth-order valence-electron chi connectivity index (χ4n) is 3.58. The molecule has 0 saturated carbocycles. The number of amides is 1. The van der Waals surface area contributed by atoms with Crippen LogP contribution in [0.25, 0.3) is 0 Å². The zero-order valence-electron chi connectivity index (χ0n) is 18.5. The van der Waals surface area contributed by atoms with Gasteiger partial charge in [-0.05, 0) is 35.9 Å². The Balaban J connectivity index is 1.98. The molecule has 1 aliphatic rings. The Bertz CT molecular complexity index is 1040. The van der Waals surface area contributed by atoms with Crippen LogP contribution in [0.3, 0.4) is 0 Å². The summed E-state index contributed by atoms with van der Waals surface area (Å²) >= 11 is 0. The van der Waals surface area contributed by atoms with Crippen molar-refractivity contribution in [2.75, 3.05) is 28.4 Å². The third-order valence-electron chi connectivity index (χ3n) is 5.23. The lowest BCUT2D eigenvalue weighted by atomic mass is 9.97. The maximum Gasteiger partial charge on any atom is 0.303 e. The van der Waals surface area contributed by atoms with E-state index in [2.05, 4.69) is 5.10 Å². The lowest BCUT2D eigenvalue weighted by Gasteiger charge is -2.22. The van der Waals surface area contributed by atoms with Gasteiger partial charge >= 0.3 is 5.97 Å². The maximum atomic E-state index is 12.9. The Morgan fingerprint density at radius 2 is 1.50 bits per heavy atom. The van der Waals surface area contributed by atoms with E-state index < -0.39 is 12.0 Å². The molecule has 1 N–H and O–H groups in total. The van der Waals surface area contributed by atoms with Crippen LogP contribution in [0.15, 0.2) is 41.5 Å². The van der Waals surface area contributed by atoms with Gasteiger partial charge in [0, 0.05) is 18.4 Å². The minimum Gasteiger partial charge on any atom is -0.493 e. The molecule has 0 spiro atoms. The number of hydrogen-bond donors (Lipinski definition) is 1. The molecular formula is C23H26N2O7. The summed E-state index contributed by atoms with van der Waals surface area (Å²) in [5.41, 5.74) is 2.25. The van der Waals surface area contributed by atoms with Crippen molar-refractivity contribution in [2.45, 2.75) is 25.3 Å². The second kappa shape index (κ2) is 10.0. The Labute approximate surface area is 186 Å². The summed E-state index contributed by atoms with van der Waals surface area (Å²) in [4.78, 5) is 23.8. The number of carboxylic acid groups (broad SMARTS) is 1. The first-order valence-electron chi connectivity index (χ1n) is 9.97. The molecule has 1 heterocycles. The smallest absolute Gasteiger partial charge is 0.303 e. The van der Waals surface area contributed by atoms with Crippen molar-refractivity contribution in [3.05, 3.63) is 47.5 Å². The number of ether oxygens (including phenoxy) is 4. The van der Waals surface area contributed by atoms with Crippen molar-refractivity contribution < 1.29 is 33.6 Å². The first kappa shape index (κ1) is 22.9. The predicted molar refractivity (Wildman–Crippen MR) is 117 cm³/mol. The normalized spacial score (nSPS) is 15.2. The average molecular weight is 442 g/mol. The maximum absolute atomic E-state index is 12.9. The van der Waals surface area contributed by atoms with Crippen LogP contribution in [0.4, 0.5) is 0 Å². The quantitative estimate of drug-likeness (QED) is 0.635. The summed E-state index contributed by atoms with van der Waals surface area (Å²) in [6.07, 6.45) is 0.0147. The van der Waals surface area contributed by atoms with E-state index in [1.165, 1.54) is 12.1 Å². The summed E-state index contributed by atoms with van der Waals surface area (Å²) in [6, 6.07) is 10.4. The van der Waals surface area contributed by atoms with Gasteiger partial charge in [0.25, 0.3) is 0 Å². The van der Waals surface area contributed by atoms with E-state index in [9.17, 15) is 9.59 Å². The molecule has 0 bridgehead atoms. The van der Waals surface area contributed by atoms with Crippen molar-refractivity contribution in [3.8, 4) is 23.0 Å². The second-order valence-corrected chi connectivity index (χ2v) is 7.08. The Hall–Kier alpha value is -3.75. The number of carboxylic acids is 1. The lowest BCUT2D eigenvalue weighted by Crippen LogP contribution is -2.27. The number of carbonyl (C=O) groups excluding carboxylic acids is 1. The van der Waals surface area contributed by atoms with E-state index in [0.29, 0.717) is 35.1 Å². The summed E-state index contributed by atoms with van der Waals surface area (Å²) < 4.78 is 21.4. The topological polar surface area (TPSA) is 107 Å². The average Bonchev–Trinajstić information content (AvgIpc) is 3.27. The zero-order valence-corrected chi connectivity index (χ0v) is 18.5. The summed E-state index contributed by atoms with van der Waals surface area (Å²) in [5.74, 6) is 0.820. The number of hydrogen-bond acceptors (Lipinski definition) is 7. The highest BCUT2D eigenvalue weighted by atomic mass is 16.5. The molecule has 3 rings (SSSR count). The molecule has 0 unspecified atom stereocenters. The van der Waals surface area contributed by atoms with Crippen molar-refractivity contribution in [1.29, 1.82) is 0 Å². The molecule has 170 valence electrons. The Kier molecular flexibility index (Phi) is 7.19. The van der Waals surface area contributed by atoms with Crippen molar-refractivity contribution in [3.63, 3.8) is 0 Å². The summed E-state index contributed by atoms with van der Waals surface area (Å²) in [6.45, 7) is 0. The number of methoxy groups -OCH3 is 4. The summed E-state index contributed by atoms with van der Waals surface area (Å²) in [5, 5.41) is 14.9. The van der Waals surface area contributed by atoms with Gasteiger partial charge in [-0.25, -0.2) is 5.01 Å². The standard InChI is InChI=1S/C23H26N2O7/c1-29-18-7-5-14(11-20(18)31-3)16-13-17(25(24-16)22(26)9-10-23(27)28)15-6-8-19(30-2)21(12-15)32-4/h5-8,11-12,17H,9-10,13H2,1-4H3,(H,27,28)/t17-/m0/s1. The third kappa shape index (κ3) is 4.77. The molecule has 0 radical (unpaired) electrons. The van der Waals surface area contributed by atoms with Gasteiger partial charge in [-0.2, -0.15) is 5.10 Å². The van der Waals surface area contributed by atoms with Crippen LogP contribution in [0.1, 0.15) is 36.4 Å². The monoisotopic (exact) mass is 442 g/mol. The van der Waals surface area contributed by atoms with Gasteiger partial charge in [0.05, 0.1) is 46.6 Å². The number of benzene rings is 2. The van der Waals surface area contributed by atoms with Crippen LogP contribution in [0, 0.1) is 0 Å². The molecule has 2 aromatic rings. The molecular weight excluding hydrogens is 416 g/mol. The molecule has 1 amide bonds. The van der Waals surface area contributed by atoms with Crippen LogP contribution >= 0.6 is 0 Å². The minimum atomic E-state index is -1.04. The van der Waals surface area contributed by atoms with Crippen LogP contribution in [0.2, 0.25) is 0 Å². The fraction of sp³-hybridized carbons (Fsp3) is 0.348. The SMILES string of the molecule is COc1ccc(C2=NN(C(=O)CCC(=O)O)[C@H](c3ccc(OC)c(OC)c3)C2)cc1OC. The van der Waals surface area contributed by atoms with Gasteiger partial charge in [-0.3, -0.25) is 9.59 Å². The molecule has 1 aliphatic heterocycles. The molecule has 0 aromatic heterocycles. The first-order chi connectivity index (χ1) is 15.4. The van der Waals surface area contributed by atoms with Gasteiger partial charge in [-0.15, -0.1) is 0 Å². The zero-order chi connectivity index (χ0) is 23.3. The Morgan fingerprint density at radius 3 is 2.09 bits per heavy atom. The summed E-state index contributed by atoms with van der Waals surface area (Å²) in [7, 11) is 6.19. The van der Waals surface area contributed by atoms with E-state index in [0.717, 1.165) is 11.1 Å². The van der Waals surface area contributed by atoms with Gasteiger partial charge in [0.15, 0.2) is 23.0 Å². The Morgan fingerprint density at radius 1 is 0.906 bits per heavy atom. The van der Waals surface area contributed by atoms with E-state index in [-0.39, 0.29) is 18.7 Å². The lowest BCUT2D eigenvalue weighted by molar-refractivity contribution is -0.141. The molecule has 9 heteroatoms. The molecule has 0 aliphatic carbocycles. The largest absolute Gasteiger partial charge is 0.493 e. The molecule has 32 heavy (non-hydrogen) atoms. The van der Waals surface area contributed by atoms with Crippen LogP contribution < -0.4 is 18.9 Å². The van der Waals surface area contributed by atoms with Gasteiger partial charge in [-0.1, -0.05) is 6.07 Å². The molecule has 2 aromatic carbocycles. The highest BCUT2D eigenvalue weighted by Crippen LogP contribution is 2.38. The highest BCUT2D eigenvalue weighted by molar-refractivity contribution is 6.03. The number of carbonyl (C=O) groups is 2. The van der Waals surface area contributed by atoms with Crippen molar-refractivity contribution >= 4 is 17.6 Å². The third-order valence-corrected chi connectivity index (χ3v) is 5.23. The van der Waals surface area contributed by atoms with Crippen LogP contribution in [-0.4, -0.2) is 56.1 Å². The van der Waals surface area contributed by atoms with Gasteiger partial charge in [0.1, 0.15) is 0 Å². The molecule has 1 atom stereocenters. The van der Waals surface area contributed by atoms with Gasteiger partial charge < -0.3 is 24.1 Å². The van der Waals surface area contributed by atoms with E-state index >= 15 is 0 Å². The number of aliphatic carboxylic acids is 1. The van der Waals surface area contributed by atoms with E-state index in [4.69, 9.17) is 24.1 Å². The number of nitrogens with zero attached hydrogens (tertiary/aromatic N) is 2. The predicted octanol–water partition coefficient (Wildman–Crippen LogP) is 3.26. The highest BCUT2D eigenvalue weighted by Gasteiger charge is 2.34. The van der Waals surface area contributed by atoms with Crippen LogP contribution in [-0.2, 0) is 9.59 Å². The number of rotatable bonds is 9. The van der Waals surface area contributed by atoms with E-state index in [1.54, 1.807) is 45.6 Å². The first-order valence-corrected chi connectivity index (χ1v) is 9.97. The van der Waals surface area contributed by atoms with Gasteiger partial charge in [0.2, 0.25) is 5.91 Å². The second-order valence-electron chi connectivity index (χ2n) is 7.08. The van der Waals surface area contributed by atoms with E-state index in [1.807, 2.05) is 12.1 Å². The fourth-order valence-corrected chi connectivity index (χ4v) is 3.58. The molecule has 0 saturated heterocycles. The molecule has 0 fully saturated rings. The number of hydrazone groups is 1. The van der Waals surface area contributed by atoms with Crippen molar-refractivity contribution in [1.82, 2.24) is 5.01 Å². The molecule has 9 nitrogen and oxygen atoms in total. The van der Waals surface area contributed by atoms with Crippen molar-refractivity contribution in [2.24, 2.45) is 5.10 Å². The minimum absolute atomic E-state index is 0.151.